The summed E-state index contributed by atoms with van der Waals surface area (Å²) in [6, 6.07) is 11.7. The first-order valence-corrected chi connectivity index (χ1v) is 13.0. The van der Waals surface area contributed by atoms with Gasteiger partial charge in [0.2, 0.25) is 11.0 Å². The van der Waals surface area contributed by atoms with Crippen LogP contribution >= 0.6 is 23.1 Å². The predicted octanol–water partition coefficient (Wildman–Crippen LogP) is 4.11. The smallest absolute Gasteiger partial charge is 0.264 e. The molecule has 0 spiro atoms. The van der Waals surface area contributed by atoms with Crippen molar-refractivity contribution in [1.29, 1.82) is 0 Å². The molecule has 1 aromatic heterocycles. The van der Waals surface area contributed by atoms with Crippen molar-refractivity contribution in [1.82, 2.24) is 10.2 Å². The van der Waals surface area contributed by atoms with Gasteiger partial charge in [0.15, 0.2) is 4.34 Å². The van der Waals surface area contributed by atoms with Crippen LogP contribution in [-0.2, 0) is 14.8 Å². The summed E-state index contributed by atoms with van der Waals surface area (Å²) in [6.07, 6.45) is 0. The number of aromatic nitrogens is 2. The molecule has 1 N–H and O–H groups in total. The first kappa shape index (κ1) is 24.0. The molecule has 2 aromatic carbocycles. The normalized spacial score (nSPS) is 11.2. The third kappa shape index (κ3) is 5.59. The molecule has 0 aliphatic rings. The highest BCUT2D eigenvalue weighted by atomic mass is 32.2. The van der Waals surface area contributed by atoms with Gasteiger partial charge in [-0.1, -0.05) is 53.8 Å². The SMILES string of the molecule is CCSc1nnc(NC(=O)CN(c2cc(C)ccc2OC)S(=O)(=O)c2ccc(C)cc2)s1. The number of ether oxygens (including phenoxy) is 1. The number of aryl methyl sites for hydroxylation is 2. The fourth-order valence-electron chi connectivity index (χ4n) is 2.86. The highest BCUT2D eigenvalue weighted by molar-refractivity contribution is 8.01. The van der Waals surface area contributed by atoms with Gasteiger partial charge < -0.3 is 4.74 Å². The second kappa shape index (κ2) is 10.3. The van der Waals surface area contributed by atoms with Crippen LogP contribution in [0.3, 0.4) is 0 Å². The van der Waals surface area contributed by atoms with Gasteiger partial charge in [0.1, 0.15) is 12.3 Å². The summed E-state index contributed by atoms with van der Waals surface area (Å²) in [6.45, 7) is 5.26. The minimum absolute atomic E-state index is 0.0806. The first-order chi connectivity index (χ1) is 15.2. The van der Waals surface area contributed by atoms with Crippen LogP contribution in [0.5, 0.6) is 5.75 Å². The van der Waals surface area contributed by atoms with Gasteiger partial charge in [0, 0.05) is 0 Å². The summed E-state index contributed by atoms with van der Waals surface area (Å²) in [5.41, 5.74) is 2.04. The molecule has 170 valence electrons. The molecule has 3 rings (SSSR count). The van der Waals surface area contributed by atoms with Gasteiger partial charge in [-0.3, -0.25) is 14.4 Å². The Balaban J connectivity index is 1.97. The second-order valence-corrected chi connectivity index (χ2v) is 11.2. The van der Waals surface area contributed by atoms with Crippen molar-refractivity contribution in [3.8, 4) is 5.75 Å². The van der Waals surface area contributed by atoms with Crippen LogP contribution in [0.2, 0.25) is 0 Å². The van der Waals surface area contributed by atoms with Crippen LogP contribution in [0, 0.1) is 13.8 Å². The van der Waals surface area contributed by atoms with Crippen molar-refractivity contribution in [2.45, 2.75) is 30.0 Å². The maximum absolute atomic E-state index is 13.6. The molecule has 1 heterocycles. The molecule has 0 fully saturated rings. The van der Waals surface area contributed by atoms with Gasteiger partial charge in [-0.05, 0) is 49.4 Å². The third-order valence-electron chi connectivity index (χ3n) is 4.42. The molecule has 1 amide bonds. The number of sulfonamides is 1. The van der Waals surface area contributed by atoms with Crippen LogP contribution in [0.4, 0.5) is 10.8 Å². The fraction of sp³-hybridized carbons (Fsp3) is 0.286. The van der Waals surface area contributed by atoms with Gasteiger partial charge in [-0.15, -0.1) is 10.2 Å². The number of rotatable bonds is 9. The van der Waals surface area contributed by atoms with E-state index < -0.39 is 22.5 Å². The Morgan fingerprint density at radius 2 is 1.81 bits per heavy atom. The average Bonchev–Trinajstić information content (AvgIpc) is 3.19. The van der Waals surface area contributed by atoms with Crippen LogP contribution in [0.1, 0.15) is 18.1 Å². The zero-order chi connectivity index (χ0) is 23.3. The maximum atomic E-state index is 13.6. The van der Waals surface area contributed by atoms with E-state index in [1.54, 1.807) is 24.3 Å². The molecule has 0 radical (unpaired) electrons. The predicted molar refractivity (Wildman–Crippen MR) is 128 cm³/mol. The summed E-state index contributed by atoms with van der Waals surface area (Å²) >= 11 is 2.75. The van der Waals surface area contributed by atoms with Crippen molar-refractivity contribution in [2.24, 2.45) is 0 Å². The van der Waals surface area contributed by atoms with E-state index in [-0.39, 0.29) is 10.6 Å². The number of amides is 1. The Hall–Kier alpha value is -2.63. The lowest BCUT2D eigenvalue weighted by Gasteiger charge is -2.26. The van der Waals surface area contributed by atoms with E-state index in [2.05, 4.69) is 15.5 Å². The standard InChI is InChI=1S/C21H24N4O4S3/c1-5-30-21-24-23-20(31-21)22-19(26)13-25(17-12-15(3)8-11-18(17)29-4)32(27,28)16-9-6-14(2)7-10-16/h6-12H,5,13H2,1-4H3,(H,22,23,26). The molecule has 0 atom stereocenters. The monoisotopic (exact) mass is 492 g/mol. The van der Waals surface area contributed by atoms with Crippen molar-refractivity contribution >= 4 is 49.8 Å². The van der Waals surface area contributed by atoms with E-state index in [1.807, 2.05) is 26.8 Å². The van der Waals surface area contributed by atoms with Crippen molar-refractivity contribution < 1.29 is 17.9 Å². The number of nitrogens with one attached hydrogen (secondary N) is 1. The maximum Gasteiger partial charge on any atom is 0.264 e. The van der Waals surface area contributed by atoms with E-state index in [9.17, 15) is 13.2 Å². The summed E-state index contributed by atoms with van der Waals surface area (Å²) in [5.74, 6) is 0.642. The van der Waals surface area contributed by atoms with E-state index in [4.69, 9.17) is 4.74 Å². The number of carbonyl (C=O) groups is 1. The minimum atomic E-state index is -4.06. The van der Waals surface area contributed by atoms with Crippen LogP contribution in [-0.4, -0.2) is 43.9 Å². The summed E-state index contributed by atoms with van der Waals surface area (Å²) in [4.78, 5) is 12.9. The molecule has 0 unspecified atom stereocenters. The zero-order valence-electron chi connectivity index (χ0n) is 18.2. The highest BCUT2D eigenvalue weighted by Crippen LogP contribution is 2.33. The zero-order valence-corrected chi connectivity index (χ0v) is 20.6. The quantitative estimate of drug-likeness (QED) is 0.354. The molecule has 0 bridgehead atoms. The fourth-order valence-corrected chi connectivity index (χ4v) is 5.95. The summed E-state index contributed by atoms with van der Waals surface area (Å²) < 4.78 is 34.3. The van der Waals surface area contributed by atoms with Crippen molar-refractivity contribution in [2.75, 3.05) is 29.0 Å². The molecule has 8 nitrogen and oxygen atoms in total. The van der Waals surface area contributed by atoms with Crippen LogP contribution in [0.15, 0.2) is 51.7 Å². The Bertz CT molecular complexity index is 1190. The molecule has 32 heavy (non-hydrogen) atoms. The Morgan fingerprint density at radius 3 is 2.47 bits per heavy atom. The highest BCUT2D eigenvalue weighted by Gasteiger charge is 2.30. The van der Waals surface area contributed by atoms with Crippen molar-refractivity contribution in [3.05, 3.63) is 53.6 Å². The number of benzene rings is 2. The lowest BCUT2D eigenvalue weighted by atomic mass is 10.2. The Morgan fingerprint density at radius 1 is 1.12 bits per heavy atom. The van der Waals surface area contributed by atoms with E-state index in [0.29, 0.717) is 10.9 Å². The molecule has 3 aromatic rings. The van der Waals surface area contributed by atoms with Gasteiger partial charge >= 0.3 is 0 Å². The number of nitrogens with zero attached hydrogens (tertiary/aromatic N) is 3. The molecular formula is C21H24N4O4S3. The number of hydrogen-bond donors (Lipinski definition) is 1. The van der Waals surface area contributed by atoms with E-state index in [1.165, 1.54) is 42.3 Å². The lowest BCUT2D eigenvalue weighted by molar-refractivity contribution is -0.114. The number of anilines is 2. The number of carbonyl (C=O) groups excluding carboxylic acids is 1. The van der Waals surface area contributed by atoms with E-state index in [0.717, 1.165) is 25.5 Å². The van der Waals surface area contributed by atoms with Gasteiger partial charge in [-0.2, -0.15) is 0 Å². The molecule has 0 saturated carbocycles. The molecule has 0 aliphatic heterocycles. The Kier molecular flexibility index (Phi) is 7.75. The van der Waals surface area contributed by atoms with Gasteiger partial charge in [0.05, 0.1) is 17.7 Å². The second-order valence-electron chi connectivity index (χ2n) is 6.85. The third-order valence-corrected chi connectivity index (χ3v) is 8.05. The summed E-state index contributed by atoms with van der Waals surface area (Å²) in [7, 11) is -2.60. The van der Waals surface area contributed by atoms with Crippen LogP contribution in [0.25, 0.3) is 0 Å². The van der Waals surface area contributed by atoms with Gasteiger partial charge in [-0.25, -0.2) is 8.42 Å². The number of hydrogen-bond acceptors (Lipinski definition) is 8. The Labute approximate surface area is 196 Å². The van der Waals surface area contributed by atoms with Gasteiger partial charge in [0.25, 0.3) is 10.0 Å². The van der Waals surface area contributed by atoms with E-state index >= 15 is 0 Å². The molecule has 11 heteroatoms. The summed E-state index contributed by atoms with van der Waals surface area (Å²) in [5, 5.41) is 10.9. The topological polar surface area (TPSA) is 101 Å². The van der Waals surface area contributed by atoms with Crippen molar-refractivity contribution in [3.63, 3.8) is 0 Å². The molecular weight excluding hydrogens is 468 g/mol. The number of thioether (sulfide) groups is 1. The molecule has 0 saturated heterocycles. The average molecular weight is 493 g/mol. The first-order valence-electron chi connectivity index (χ1n) is 9.74. The van der Waals surface area contributed by atoms with Crippen LogP contribution < -0.4 is 14.4 Å². The molecule has 0 aliphatic carbocycles. The minimum Gasteiger partial charge on any atom is -0.495 e. The largest absolute Gasteiger partial charge is 0.495 e. The number of methoxy groups -OCH3 is 1. The lowest BCUT2D eigenvalue weighted by Crippen LogP contribution is -2.38.